The lowest BCUT2D eigenvalue weighted by molar-refractivity contribution is -0.144. The van der Waals surface area contributed by atoms with Crippen LogP contribution in [0.2, 0.25) is 0 Å². The minimum atomic E-state index is -0.554. The van der Waals surface area contributed by atoms with Gasteiger partial charge in [-0.25, -0.2) is 4.39 Å². The molecule has 1 amide bonds. The van der Waals surface area contributed by atoms with Gasteiger partial charge in [0, 0.05) is 23.9 Å². The van der Waals surface area contributed by atoms with Crippen LogP contribution in [-0.2, 0) is 20.9 Å². The molecule has 0 bridgehead atoms. The Morgan fingerprint density at radius 1 is 1.31 bits per heavy atom. The number of methoxy groups -OCH3 is 1. The van der Waals surface area contributed by atoms with E-state index in [1.165, 1.54) is 7.11 Å². The topological polar surface area (TPSA) is 73.9 Å². The van der Waals surface area contributed by atoms with Gasteiger partial charge >= 0.3 is 5.97 Å². The second-order valence-electron chi connectivity index (χ2n) is 5.49. The Morgan fingerprint density at radius 3 is 2.65 bits per heavy atom. The van der Waals surface area contributed by atoms with Crippen molar-refractivity contribution in [2.45, 2.75) is 39.7 Å². The largest absolute Gasteiger partial charge is 0.493 e. The molecule has 146 valence electrons. The number of rotatable bonds is 11. The van der Waals surface area contributed by atoms with Crippen LogP contribution in [0.15, 0.2) is 6.07 Å². The molecule has 0 aromatic heterocycles. The molecule has 0 aliphatic rings. The van der Waals surface area contributed by atoms with Gasteiger partial charge in [0.2, 0.25) is 5.91 Å². The minimum Gasteiger partial charge on any atom is -0.493 e. The maximum atomic E-state index is 14.8. The van der Waals surface area contributed by atoms with Crippen molar-refractivity contribution >= 4 is 27.8 Å². The van der Waals surface area contributed by atoms with Gasteiger partial charge in [0.25, 0.3) is 0 Å². The van der Waals surface area contributed by atoms with Crippen LogP contribution in [0.5, 0.6) is 11.5 Å². The van der Waals surface area contributed by atoms with Gasteiger partial charge < -0.3 is 19.5 Å². The monoisotopic (exact) mass is 433 g/mol. The van der Waals surface area contributed by atoms with Crippen LogP contribution in [0, 0.1) is 12.7 Å². The van der Waals surface area contributed by atoms with Gasteiger partial charge in [-0.3, -0.25) is 9.59 Å². The average Bonchev–Trinajstić information content (AvgIpc) is 2.61. The summed E-state index contributed by atoms with van der Waals surface area (Å²) < 4.78 is 30.3. The van der Waals surface area contributed by atoms with E-state index in [4.69, 9.17) is 14.2 Å². The van der Waals surface area contributed by atoms with Gasteiger partial charge in [-0.05, 0) is 31.9 Å². The lowest BCUT2D eigenvalue weighted by atomic mass is 10.1. The molecule has 0 saturated carbocycles. The number of nitrogens with one attached hydrogen (secondary N) is 1. The van der Waals surface area contributed by atoms with Crippen molar-refractivity contribution in [3.05, 3.63) is 23.0 Å². The number of hydrogen-bond donors (Lipinski definition) is 1. The molecule has 0 saturated heterocycles. The zero-order chi connectivity index (χ0) is 19.5. The van der Waals surface area contributed by atoms with Crippen LogP contribution in [0.25, 0.3) is 0 Å². The molecule has 26 heavy (non-hydrogen) atoms. The summed E-state index contributed by atoms with van der Waals surface area (Å²) in [6.07, 6.45) is 0.700. The van der Waals surface area contributed by atoms with Crippen LogP contribution < -0.4 is 14.8 Å². The molecule has 1 rings (SSSR count). The van der Waals surface area contributed by atoms with Gasteiger partial charge in [-0.2, -0.15) is 0 Å². The maximum Gasteiger partial charge on any atom is 0.306 e. The first-order valence-corrected chi connectivity index (χ1v) is 9.53. The van der Waals surface area contributed by atoms with Gasteiger partial charge in [-0.1, -0.05) is 15.9 Å². The molecule has 0 unspecified atom stereocenters. The van der Waals surface area contributed by atoms with E-state index in [9.17, 15) is 14.0 Å². The van der Waals surface area contributed by atoms with E-state index in [0.717, 1.165) is 11.8 Å². The number of benzene rings is 1. The van der Waals surface area contributed by atoms with Gasteiger partial charge in [0.1, 0.15) is 0 Å². The van der Waals surface area contributed by atoms with Crippen molar-refractivity contribution < 1.29 is 28.2 Å². The summed E-state index contributed by atoms with van der Waals surface area (Å²) in [7, 11) is 1.45. The molecule has 0 heterocycles. The number of esters is 1. The molecule has 0 spiro atoms. The summed E-state index contributed by atoms with van der Waals surface area (Å²) in [4.78, 5) is 23.1. The Balaban J connectivity index is 2.77. The molecule has 1 aromatic carbocycles. The molecule has 6 nitrogen and oxygen atoms in total. The van der Waals surface area contributed by atoms with Crippen LogP contribution in [-0.4, -0.2) is 37.5 Å². The third kappa shape index (κ3) is 6.82. The second kappa shape index (κ2) is 11.7. The quantitative estimate of drug-likeness (QED) is 0.329. The van der Waals surface area contributed by atoms with Crippen LogP contribution >= 0.6 is 15.9 Å². The molecule has 0 aliphatic carbocycles. The standard InChI is InChI=1S/C18H25BrFNO5/c1-4-25-16(23)7-6-15(22)21-11-13-12(2)10-14(24-3)18(17(13)20)26-9-5-8-19/h10H,4-9,11H2,1-3H3,(H,21,22). The Morgan fingerprint density at radius 2 is 2.04 bits per heavy atom. The van der Waals surface area contributed by atoms with Crippen LogP contribution in [0.4, 0.5) is 4.39 Å². The third-order valence-corrected chi connectivity index (χ3v) is 4.14. The Bertz CT molecular complexity index is 624. The smallest absolute Gasteiger partial charge is 0.306 e. The predicted octanol–water partition coefficient (Wildman–Crippen LogP) is 3.27. The highest BCUT2D eigenvalue weighted by Gasteiger charge is 2.19. The highest BCUT2D eigenvalue weighted by Crippen LogP contribution is 2.34. The summed E-state index contributed by atoms with van der Waals surface area (Å²) in [5, 5.41) is 3.36. The number of alkyl halides is 1. The summed E-state index contributed by atoms with van der Waals surface area (Å²) in [5.74, 6) is -0.990. The number of hydrogen-bond acceptors (Lipinski definition) is 5. The summed E-state index contributed by atoms with van der Waals surface area (Å²) >= 11 is 3.29. The van der Waals surface area contributed by atoms with Crippen LogP contribution in [0.3, 0.4) is 0 Å². The summed E-state index contributed by atoms with van der Waals surface area (Å²) in [6.45, 7) is 4.04. The Kier molecular flexibility index (Phi) is 10.0. The number of ether oxygens (including phenoxy) is 3. The lowest BCUT2D eigenvalue weighted by Crippen LogP contribution is -2.24. The second-order valence-corrected chi connectivity index (χ2v) is 6.28. The summed E-state index contributed by atoms with van der Waals surface area (Å²) in [6, 6.07) is 1.67. The first-order chi connectivity index (χ1) is 12.4. The predicted molar refractivity (Wildman–Crippen MR) is 99.3 cm³/mol. The Labute approximate surface area is 161 Å². The van der Waals surface area contributed by atoms with Crippen molar-refractivity contribution in [1.29, 1.82) is 0 Å². The van der Waals surface area contributed by atoms with Gasteiger partial charge in [0.05, 0.1) is 26.7 Å². The van der Waals surface area contributed by atoms with Gasteiger partial charge in [-0.15, -0.1) is 0 Å². The normalized spacial score (nSPS) is 10.3. The zero-order valence-electron chi connectivity index (χ0n) is 15.3. The maximum absolute atomic E-state index is 14.8. The number of carbonyl (C=O) groups is 2. The van der Waals surface area contributed by atoms with Crippen molar-refractivity contribution in [1.82, 2.24) is 5.32 Å². The fourth-order valence-electron chi connectivity index (χ4n) is 2.22. The van der Waals surface area contributed by atoms with E-state index in [0.29, 0.717) is 23.5 Å². The zero-order valence-corrected chi connectivity index (χ0v) is 16.9. The van der Waals surface area contributed by atoms with Gasteiger partial charge in [0.15, 0.2) is 17.3 Å². The average molecular weight is 434 g/mol. The highest BCUT2D eigenvalue weighted by atomic mass is 79.9. The fraction of sp³-hybridized carbons (Fsp3) is 0.556. The van der Waals surface area contributed by atoms with Crippen LogP contribution in [0.1, 0.15) is 37.3 Å². The van der Waals surface area contributed by atoms with E-state index in [-0.39, 0.29) is 37.6 Å². The number of aryl methyl sites for hydroxylation is 1. The molecular weight excluding hydrogens is 409 g/mol. The lowest BCUT2D eigenvalue weighted by Gasteiger charge is -2.16. The van der Waals surface area contributed by atoms with E-state index < -0.39 is 11.8 Å². The van der Waals surface area contributed by atoms with E-state index >= 15 is 0 Å². The molecule has 0 radical (unpaired) electrons. The molecule has 1 aromatic rings. The van der Waals surface area contributed by atoms with E-state index in [2.05, 4.69) is 21.2 Å². The first-order valence-electron chi connectivity index (χ1n) is 8.41. The molecule has 0 atom stereocenters. The van der Waals surface area contributed by atoms with Crippen molar-refractivity contribution in [3.8, 4) is 11.5 Å². The molecule has 0 aliphatic heterocycles. The minimum absolute atomic E-state index is 0.00186. The van der Waals surface area contributed by atoms with Crippen molar-refractivity contribution in [2.75, 3.05) is 25.7 Å². The number of carbonyl (C=O) groups excluding carboxylic acids is 2. The Hall–Kier alpha value is -1.83. The SMILES string of the molecule is CCOC(=O)CCC(=O)NCc1c(C)cc(OC)c(OCCCBr)c1F. The summed E-state index contributed by atoms with van der Waals surface area (Å²) in [5.41, 5.74) is 0.960. The molecule has 8 heteroatoms. The first kappa shape index (κ1) is 22.2. The number of halogens is 2. The fourth-order valence-corrected chi connectivity index (χ4v) is 2.45. The molecular formula is C18H25BrFNO5. The van der Waals surface area contributed by atoms with Crippen molar-refractivity contribution in [3.63, 3.8) is 0 Å². The van der Waals surface area contributed by atoms with E-state index in [1.807, 2.05) is 0 Å². The molecule has 0 fully saturated rings. The third-order valence-electron chi connectivity index (χ3n) is 3.58. The number of amides is 1. The molecule has 1 N–H and O–H groups in total. The highest BCUT2D eigenvalue weighted by molar-refractivity contribution is 9.09. The van der Waals surface area contributed by atoms with E-state index in [1.54, 1.807) is 19.9 Å². The van der Waals surface area contributed by atoms with Crippen molar-refractivity contribution in [2.24, 2.45) is 0 Å².